The highest BCUT2D eigenvalue weighted by atomic mass is 35.5. The van der Waals surface area contributed by atoms with Crippen molar-refractivity contribution in [3.8, 4) is 0 Å². The Morgan fingerprint density at radius 3 is 2.44 bits per heavy atom. The third kappa shape index (κ3) is 5.43. The van der Waals surface area contributed by atoms with Crippen LogP contribution in [0.4, 0.5) is 11.4 Å². The van der Waals surface area contributed by atoms with Gasteiger partial charge >= 0.3 is 0 Å². The molecule has 0 aliphatic carbocycles. The molecule has 2 amide bonds. The fourth-order valence-electron chi connectivity index (χ4n) is 3.21. The van der Waals surface area contributed by atoms with Crippen LogP contribution in [0.3, 0.4) is 0 Å². The highest BCUT2D eigenvalue weighted by molar-refractivity contribution is 8.00. The first-order valence-corrected chi connectivity index (χ1v) is 11.5. The summed E-state index contributed by atoms with van der Waals surface area (Å²) in [6, 6.07) is 25.8. The summed E-state index contributed by atoms with van der Waals surface area (Å²) in [4.78, 5) is 25.9. The lowest BCUT2D eigenvalue weighted by Crippen LogP contribution is -2.14. The van der Waals surface area contributed by atoms with E-state index in [2.05, 4.69) is 10.6 Å². The monoisotopic (exact) mass is 480 g/mol. The molecule has 0 spiro atoms. The number of thioether (sulfide) groups is 1. The number of amides is 2. The second kappa shape index (κ2) is 10.1. The summed E-state index contributed by atoms with van der Waals surface area (Å²) < 4.78 is 0. The number of carbonyl (C=O) groups excluding carboxylic acids is 2. The van der Waals surface area contributed by atoms with E-state index < -0.39 is 0 Å². The summed E-state index contributed by atoms with van der Waals surface area (Å²) in [5, 5.41) is 8.62. The van der Waals surface area contributed by atoms with E-state index >= 15 is 0 Å². The smallest absolute Gasteiger partial charge is 0.257 e. The van der Waals surface area contributed by atoms with Crippen molar-refractivity contribution in [1.82, 2.24) is 0 Å². The lowest BCUT2D eigenvalue weighted by Gasteiger charge is -2.10. The fraction of sp³-hybridized carbons (Fsp3) is 0.0400. The van der Waals surface area contributed by atoms with Crippen molar-refractivity contribution in [3.05, 3.63) is 101 Å². The van der Waals surface area contributed by atoms with Crippen molar-refractivity contribution in [2.75, 3.05) is 16.4 Å². The third-order valence-corrected chi connectivity index (χ3v) is 6.24. The van der Waals surface area contributed by atoms with Crippen molar-refractivity contribution < 1.29 is 9.59 Å². The Bertz CT molecular complexity index is 1300. The lowest BCUT2D eigenvalue weighted by atomic mass is 10.1. The van der Waals surface area contributed by atoms with Gasteiger partial charge in [0.15, 0.2) is 0 Å². The van der Waals surface area contributed by atoms with E-state index in [1.165, 1.54) is 17.8 Å². The standard InChI is InChI=1S/C25H18Cl2N2O2S/c26-17-11-12-21(22(27)13-17)25(31)28-18-7-4-8-19(14-18)32-15-24(30)29-23-10-3-6-16-5-1-2-9-20(16)23/h1-14H,15H2,(H,28,31)(H,29,30). The van der Waals surface area contributed by atoms with Crippen molar-refractivity contribution in [3.63, 3.8) is 0 Å². The van der Waals surface area contributed by atoms with Crippen molar-refractivity contribution >= 4 is 68.9 Å². The molecule has 4 nitrogen and oxygen atoms in total. The summed E-state index contributed by atoms with van der Waals surface area (Å²) in [5.41, 5.74) is 1.73. The van der Waals surface area contributed by atoms with E-state index in [4.69, 9.17) is 23.2 Å². The second-order valence-electron chi connectivity index (χ2n) is 6.97. The largest absolute Gasteiger partial charge is 0.325 e. The van der Waals surface area contributed by atoms with Crippen LogP contribution in [0.2, 0.25) is 10.0 Å². The Balaban J connectivity index is 1.38. The Morgan fingerprint density at radius 1 is 0.812 bits per heavy atom. The number of rotatable bonds is 6. The summed E-state index contributed by atoms with van der Waals surface area (Å²) in [7, 11) is 0. The van der Waals surface area contributed by atoms with E-state index in [0.717, 1.165) is 21.4 Å². The van der Waals surface area contributed by atoms with Crippen LogP contribution in [0, 0.1) is 0 Å². The van der Waals surface area contributed by atoms with Gasteiger partial charge in [-0.2, -0.15) is 0 Å². The Hall–Kier alpha value is -2.99. The zero-order valence-corrected chi connectivity index (χ0v) is 19.1. The summed E-state index contributed by atoms with van der Waals surface area (Å²) >= 11 is 13.4. The van der Waals surface area contributed by atoms with Gasteiger partial charge in [0.05, 0.1) is 16.3 Å². The van der Waals surface area contributed by atoms with Crippen LogP contribution in [-0.4, -0.2) is 17.6 Å². The normalized spacial score (nSPS) is 10.7. The van der Waals surface area contributed by atoms with Gasteiger partial charge in [0.2, 0.25) is 5.91 Å². The van der Waals surface area contributed by atoms with Gasteiger partial charge in [-0.25, -0.2) is 0 Å². The molecule has 0 aliphatic rings. The molecule has 0 aromatic heterocycles. The number of nitrogens with one attached hydrogen (secondary N) is 2. The second-order valence-corrected chi connectivity index (χ2v) is 8.86. The van der Waals surface area contributed by atoms with Crippen LogP contribution < -0.4 is 10.6 Å². The first kappa shape index (κ1) is 22.2. The van der Waals surface area contributed by atoms with Gasteiger partial charge in [0.1, 0.15) is 0 Å². The maximum absolute atomic E-state index is 12.5. The third-order valence-electron chi connectivity index (χ3n) is 4.70. The van der Waals surface area contributed by atoms with Gasteiger partial charge in [0.25, 0.3) is 5.91 Å². The quantitative estimate of drug-likeness (QED) is 0.288. The molecule has 0 unspecified atom stereocenters. The molecule has 4 aromatic carbocycles. The molecule has 0 heterocycles. The molecular formula is C25H18Cl2N2O2S. The Morgan fingerprint density at radius 2 is 1.59 bits per heavy atom. The van der Waals surface area contributed by atoms with Crippen LogP contribution in [-0.2, 0) is 4.79 Å². The number of fused-ring (bicyclic) bond motifs is 1. The van der Waals surface area contributed by atoms with Gasteiger partial charge in [-0.1, -0.05) is 65.7 Å². The molecule has 0 aliphatic heterocycles. The van der Waals surface area contributed by atoms with E-state index in [1.807, 2.05) is 60.7 Å². The predicted octanol–water partition coefficient (Wildman–Crippen LogP) is 7.13. The van der Waals surface area contributed by atoms with Gasteiger partial charge in [-0.3, -0.25) is 9.59 Å². The zero-order chi connectivity index (χ0) is 22.5. The summed E-state index contributed by atoms with van der Waals surface area (Å²) in [6.45, 7) is 0. The molecule has 4 aromatic rings. The zero-order valence-electron chi connectivity index (χ0n) is 16.8. The lowest BCUT2D eigenvalue weighted by molar-refractivity contribution is -0.113. The van der Waals surface area contributed by atoms with Gasteiger partial charge in [-0.05, 0) is 47.9 Å². The molecule has 2 N–H and O–H groups in total. The molecule has 7 heteroatoms. The number of benzene rings is 4. The Labute approximate surface area is 199 Å². The molecule has 0 bridgehead atoms. The van der Waals surface area contributed by atoms with Crippen LogP contribution in [0.25, 0.3) is 10.8 Å². The molecule has 4 rings (SSSR count). The van der Waals surface area contributed by atoms with Crippen molar-refractivity contribution in [1.29, 1.82) is 0 Å². The fourth-order valence-corrected chi connectivity index (χ4v) is 4.45. The first-order valence-electron chi connectivity index (χ1n) is 9.76. The highest BCUT2D eigenvalue weighted by Gasteiger charge is 2.12. The molecule has 160 valence electrons. The molecule has 0 saturated carbocycles. The maximum Gasteiger partial charge on any atom is 0.257 e. The highest BCUT2D eigenvalue weighted by Crippen LogP contribution is 2.26. The van der Waals surface area contributed by atoms with Gasteiger partial charge in [0, 0.05) is 26.7 Å². The van der Waals surface area contributed by atoms with Crippen molar-refractivity contribution in [2.45, 2.75) is 4.90 Å². The van der Waals surface area contributed by atoms with E-state index in [1.54, 1.807) is 18.2 Å². The van der Waals surface area contributed by atoms with E-state index in [-0.39, 0.29) is 22.6 Å². The number of anilines is 2. The minimum absolute atomic E-state index is 0.103. The summed E-state index contributed by atoms with van der Waals surface area (Å²) in [5.74, 6) is -0.194. The van der Waals surface area contributed by atoms with E-state index in [9.17, 15) is 9.59 Å². The Kier molecular flexibility index (Phi) is 7.00. The summed E-state index contributed by atoms with van der Waals surface area (Å²) in [6.07, 6.45) is 0. The molecular weight excluding hydrogens is 463 g/mol. The number of hydrogen-bond acceptors (Lipinski definition) is 3. The maximum atomic E-state index is 12.5. The molecule has 0 fully saturated rings. The minimum atomic E-state index is -0.331. The predicted molar refractivity (Wildman–Crippen MR) is 134 cm³/mol. The minimum Gasteiger partial charge on any atom is -0.325 e. The first-order chi connectivity index (χ1) is 15.5. The SMILES string of the molecule is O=C(CSc1cccc(NC(=O)c2ccc(Cl)cc2Cl)c1)Nc1cccc2ccccc12. The van der Waals surface area contributed by atoms with Crippen LogP contribution in [0.15, 0.2) is 89.8 Å². The van der Waals surface area contributed by atoms with Gasteiger partial charge < -0.3 is 10.6 Å². The molecule has 0 radical (unpaired) electrons. The number of halogens is 2. The topological polar surface area (TPSA) is 58.2 Å². The molecule has 0 saturated heterocycles. The van der Waals surface area contributed by atoms with Crippen LogP contribution in [0.5, 0.6) is 0 Å². The van der Waals surface area contributed by atoms with Gasteiger partial charge in [-0.15, -0.1) is 11.8 Å². The average molecular weight is 481 g/mol. The molecule has 0 atom stereocenters. The van der Waals surface area contributed by atoms with E-state index in [0.29, 0.717) is 16.3 Å². The van der Waals surface area contributed by atoms with Crippen molar-refractivity contribution in [2.24, 2.45) is 0 Å². The van der Waals surface area contributed by atoms with Crippen LogP contribution in [0.1, 0.15) is 10.4 Å². The average Bonchev–Trinajstić information content (AvgIpc) is 2.78. The number of carbonyl (C=O) groups is 2. The molecule has 32 heavy (non-hydrogen) atoms. The van der Waals surface area contributed by atoms with Crippen LogP contribution >= 0.6 is 35.0 Å². The number of hydrogen-bond donors (Lipinski definition) is 2.